The summed E-state index contributed by atoms with van der Waals surface area (Å²) in [6.07, 6.45) is 13.2. The molecule has 14 heteroatoms. The smallest absolute Gasteiger partial charge is 0.370 e. The van der Waals surface area contributed by atoms with Crippen molar-refractivity contribution in [1.82, 2.24) is 9.55 Å². The van der Waals surface area contributed by atoms with Crippen molar-refractivity contribution in [2.45, 2.75) is 75.0 Å². The maximum Gasteiger partial charge on any atom is 0.370 e. The van der Waals surface area contributed by atoms with Gasteiger partial charge in [-0.2, -0.15) is 0 Å². The monoisotopic (exact) mass is 582 g/mol. The molecule has 39 heavy (non-hydrogen) atoms. The molecular weight excluding hydrogens is 548 g/mol. The Labute approximate surface area is 226 Å². The first-order chi connectivity index (χ1) is 18.5. The Kier molecular flexibility index (Phi) is 9.28. The van der Waals surface area contributed by atoms with Gasteiger partial charge in [-0.05, 0) is 24.0 Å². The number of nitro groups is 1. The molecule has 2 aromatic rings. The average molecular weight is 583 g/mol. The topological polar surface area (TPSA) is 177 Å². The van der Waals surface area contributed by atoms with Gasteiger partial charge < -0.3 is 33.1 Å². The molecule has 0 bridgehead atoms. The van der Waals surface area contributed by atoms with E-state index in [2.05, 4.69) is 4.98 Å². The van der Waals surface area contributed by atoms with Crippen molar-refractivity contribution in [2.24, 2.45) is 0 Å². The standard InChI is InChI=1S/C25H35N3O9P2/c29-25(19-27-15-14-26-20-27)38(32,33)36-17-22(18-37-39(25,34)35)16-21-8-10-23(11-9-21)24(28(30)31)12-6-4-2-1-3-5-7-13-24/h8-11,14-16,20,29H,1-7,12-13,17-19H2,(H,32,33)(H,34,35)/p-1/b22-16-. The summed E-state index contributed by atoms with van der Waals surface area (Å²) in [6, 6.07) is 6.81. The summed E-state index contributed by atoms with van der Waals surface area (Å²) in [6.45, 7) is -1.78. The molecule has 4 rings (SSSR count). The van der Waals surface area contributed by atoms with Crippen LogP contribution < -0.4 is 4.89 Å². The first-order valence-electron chi connectivity index (χ1n) is 13.0. The molecule has 2 aliphatic rings. The highest BCUT2D eigenvalue weighted by Gasteiger charge is 2.58. The first kappa shape index (κ1) is 29.8. The van der Waals surface area contributed by atoms with Gasteiger partial charge in [0, 0.05) is 35.7 Å². The molecule has 3 unspecified atom stereocenters. The second-order valence-corrected chi connectivity index (χ2v) is 14.6. The third-order valence-corrected chi connectivity index (χ3v) is 12.0. The van der Waals surface area contributed by atoms with Gasteiger partial charge in [-0.3, -0.25) is 14.7 Å². The van der Waals surface area contributed by atoms with Gasteiger partial charge in [-0.25, -0.2) is 4.98 Å². The summed E-state index contributed by atoms with van der Waals surface area (Å²) in [7, 11) is -10.5. The summed E-state index contributed by atoms with van der Waals surface area (Å²) in [4.78, 5) is 39.2. The van der Waals surface area contributed by atoms with Crippen LogP contribution in [0.2, 0.25) is 0 Å². The highest BCUT2D eigenvalue weighted by molar-refractivity contribution is 7.72. The lowest BCUT2D eigenvalue weighted by atomic mass is 9.79. The van der Waals surface area contributed by atoms with Crippen LogP contribution in [0.1, 0.15) is 68.9 Å². The second-order valence-electron chi connectivity index (χ2n) is 10.3. The average Bonchev–Trinajstić information content (AvgIpc) is 3.41. The maximum absolute atomic E-state index is 12.9. The van der Waals surface area contributed by atoms with Gasteiger partial charge in [-0.1, -0.05) is 62.4 Å². The summed E-state index contributed by atoms with van der Waals surface area (Å²) in [5.41, 5.74) is 0.282. The molecule has 1 aromatic carbocycles. The molecule has 1 aliphatic carbocycles. The van der Waals surface area contributed by atoms with Crippen molar-refractivity contribution >= 4 is 21.3 Å². The molecule has 0 radical (unpaired) electrons. The van der Waals surface area contributed by atoms with Crippen molar-refractivity contribution in [3.63, 3.8) is 0 Å². The predicted octanol–water partition coefficient (Wildman–Crippen LogP) is 4.39. The minimum atomic E-state index is -5.34. The highest BCUT2D eigenvalue weighted by Crippen LogP contribution is 2.71. The van der Waals surface area contributed by atoms with Crippen molar-refractivity contribution in [2.75, 3.05) is 13.2 Å². The van der Waals surface area contributed by atoms with Gasteiger partial charge in [0.15, 0.2) is 7.60 Å². The van der Waals surface area contributed by atoms with Gasteiger partial charge in [-0.15, -0.1) is 0 Å². The fraction of sp³-hybridized carbons (Fsp3) is 0.560. The number of imidazole rings is 1. The van der Waals surface area contributed by atoms with E-state index in [-0.39, 0.29) is 10.5 Å². The lowest BCUT2D eigenvalue weighted by Crippen LogP contribution is -2.40. The lowest BCUT2D eigenvalue weighted by Gasteiger charge is -2.42. The van der Waals surface area contributed by atoms with E-state index in [1.807, 2.05) is 0 Å². The SMILES string of the molecule is O=[N+]([O-])C1(c2ccc(/C=C3/COP(=O)([O-])C(O)(Cn4ccnc4)P(=O)(O)OC3)cc2)CCCCCCCCC1. The zero-order valence-corrected chi connectivity index (χ0v) is 23.4. The molecule has 1 saturated heterocycles. The molecular formula is C25H34N3O9P2-. The molecule has 3 atom stereocenters. The van der Waals surface area contributed by atoms with Crippen LogP contribution in [0.15, 0.2) is 48.6 Å². The number of rotatable bonds is 5. The summed E-state index contributed by atoms with van der Waals surface area (Å²) < 4.78 is 37.0. The van der Waals surface area contributed by atoms with E-state index in [1.165, 1.54) is 31.2 Å². The fourth-order valence-electron chi connectivity index (χ4n) is 5.17. The van der Waals surface area contributed by atoms with Crippen LogP contribution in [0.3, 0.4) is 0 Å². The normalized spacial score (nSPS) is 31.7. The lowest BCUT2D eigenvalue weighted by molar-refractivity contribution is -0.582. The molecule has 214 valence electrons. The summed E-state index contributed by atoms with van der Waals surface area (Å²) in [5.74, 6) is 0. The third kappa shape index (κ3) is 6.43. The molecule has 0 spiro atoms. The number of hydrogen-bond donors (Lipinski definition) is 2. The fourth-order valence-corrected chi connectivity index (χ4v) is 8.52. The maximum atomic E-state index is 12.9. The molecule has 1 aliphatic heterocycles. The van der Waals surface area contributed by atoms with E-state index in [4.69, 9.17) is 9.05 Å². The van der Waals surface area contributed by atoms with Crippen LogP contribution in [0.5, 0.6) is 0 Å². The van der Waals surface area contributed by atoms with E-state index < -0.39 is 45.6 Å². The predicted molar refractivity (Wildman–Crippen MR) is 141 cm³/mol. The van der Waals surface area contributed by atoms with Gasteiger partial charge in [0.2, 0.25) is 10.6 Å². The van der Waals surface area contributed by atoms with Crippen LogP contribution >= 0.6 is 15.2 Å². The van der Waals surface area contributed by atoms with Gasteiger partial charge >= 0.3 is 7.60 Å². The Bertz CT molecular complexity index is 1220. The molecule has 2 fully saturated rings. The largest absolute Gasteiger partial charge is 0.776 e. The first-order valence-corrected chi connectivity index (χ1v) is 16.2. The number of nitrogens with zero attached hydrogens (tertiary/aromatic N) is 3. The number of aliphatic hydroxyl groups is 1. The summed E-state index contributed by atoms with van der Waals surface area (Å²) in [5, 5.41) is 19.9. The minimum Gasteiger partial charge on any atom is -0.776 e. The van der Waals surface area contributed by atoms with Gasteiger partial charge in [0.25, 0.3) is 0 Å². The number of benzene rings is 1. The number of aromatic nitrogens is 2. The van der Waals surface area contributed by atoms with E-state index in [0.717, 1.165) is 43.1 Å². The van der Waals surface area contributed by atoms with Crippen LogP contribution in [-0.4, -0.2) is 42.8 Å². The third-order valence-electron chi connectivity index (χ3n) is 7.54. The van der Waals surface area contributed by atoms with Crippen LogP contribution in [0, 0.1) is 10.1 Å². The second kappa shape index (κ2) is 12.1. The van der Waals surface area contributed by atoms with Crippen molar-refractivity contribution in [3.8, 4) is 0 Å². The van der Waals surface area contributed by atoms with E-state index >= 15 is 0 Å². The molecule has 12 nitrogen and oxygen atoms in total. The molecule has 1 aromatic heterocycles. The van der Waals surface area contributed by atoms with E-state index in [1.54, 1.807) is 24.3 Å². The quantitative estimate of drug-likeness (QED) is 0.292. The van der Waals surface area contributed by atoms with Crippen LogP contribution in [0.4, 0.5) is 0 Å². The highest BCUT2D eigenvalue weighted by atomic mass is 31.2. The van der Waals surface area contributed by atoms with E-state index in [9.17, 15) is 34.1 Å². The van der Waals surface area contributed by atoms with Crippen LogP contribution in [0.25, 0.3) is 6.08 Å². The Hall–Kier alpha value is -2.17. The molecule has 0 amide bonds. The van der Waals surface area contributed by atoms with Crippen LogP contribution in [-0.2, 0) is 30.3 Å². The zero-order chi connectivity index (χ0) is 28.2. The zero-order valence-electron chi connectivity index (χ0n) is 21.6. The molecule has 2 heterocycles. The molecule has 2 N–H and O–H groups in total. The van der Waals surface area contributed by atoms with Crippen molar-refractivity contribution < 1.29 is 38.0 Å². The minimum absolute atomic E-state index is 0.159. The van der Waals surface area contributed by atoms with Crippen molar-refractivity contribution in [3.05, 3.63) is 69.8 Å². The Balaban J connectivity index is 1.55. The summed E-state index contributed by atoms with van der Waals surface area (Å²) >= 11 is 0. The van der Waals surface area contributed by atoms with Crippen molar-refractivity contribution in [1.29, 1.82) is 0 Å². The Morgan fingerprint density at radius 2 is 1.62 bits per heavy atom. The Morgan fingerprint density at radius 3 is 2.18 bits per heavy atom. The van der Waals surface area contributed by atoms with Gasteiger partial charge in [0.05, 0.1) is 26.1 Å². The van der Waals surface area contributed by atoms with Gasteiger partial charge in [0.1, 0.15) is 0 Å². The Morgan fingerprint density at radius 1 is 1.03 bits per heavy atom. The van der Waals surface area contributed by atoms with E-state index in [0.29, 0.717) is 24.0 Å². The number of hydrogen-bond acceptors (Lipinski definition) is 9. The molecule has 1 saturated carbocycles.